The summed E-state index contributed by atoms with van der Waals surface area (Å²) < 4.78 is 0. The van der Waals surface area contributed by atoms with Crippen molar-refractivity contribution >= 4 is 23.2 Å². The van der Waals surface area contributed by atoms with Crippen LogP contribution < -0.4 is 15.5 Å². The van der Waals surface area contributed by atoms with Gasteiger partial charge in [-0.05, 0) is 74.1 Å². The van der Waals surface area contributed by atoms with Crippen molar-refractivity contribution in [1.29, 1.82) is 0 Å². The van der Waals surface area contributed by atoms with Crippen molar-refractivity contribution in [2.75, 3.05) is 23.3 Å². The van der Waals surface area contributed by atoms with Crippen LogP contribution in [-0.4, -0.2) is 29.9 Å². The molecule has 1 saturated heterocycles. The van der Waals surface area contributed by atoms with Crippen molar-refractivity contribution in [1.82, 2.24) is 10.3 Å². The Bertz CT molecular complexity index is 825. The molecule has 0 atom stereocenters. The van der Waals surface area contributed by atoms with Crippen LogP contribution in [0.4, 0.5) is 11.4 Å². The summed E-state index contributed by atoms with van der Waals surface area (Å²) in [6, 6.07) is 11.6. The van der Waals surface area contributed by atoms with E-state index in [9.17, 15) is 9.59 Å². The highest BCUT2D eigenvalue weighted by Gasteiger charge is 2.56. The summed E-state index contributed by atoms with van der Waals surface area (Å²) in [6.07, 6.45) is 8.32. The van der Waals surface area contributed by atoms with E-state index in [2.05, 4.69) is 20.5 Å². The Balaban J connectivity index is 1.34. The van der Waals surface area contributed by atoms with Crippen LogP contribution in [0, 0.1) is 5.41 Å². The standard InChI is InChI=1S/C22H26N4O2/c27-20(24-16-17-8-12-23-13-9-17)22(10-11-22)21(28)25-18-4-6-19(7-5-18)26-14-2-1-3-15-26/h4-9,12-13H,1-3,10-11,14-16H2,(H,24,27)(H,25,28). The third-order valence-corrected chi connectivity index (χ3v) is 5.67. The molecule has 1 aliphatic heterocycles. The number of nitrogens with zero attached hydrogens (tertiary/aromatic N) is 2. The third kappa shape index (κ3) is 4.01. The molecule has 6 heteroatoms. The zero-order chi connectivity index (χ0) is 19.4. The molecule has 0 unspecified atom stereocenters. The van der Waals surface area contributed by atoms with Crippen LogP contribution in [0.1, 0.15) is 37.7 Å². The van der Waals surface area contributed by atoms with Crippen LogP contribution in [0.2, 0.25) is 0 Å². The predicted octanol–water partition coefficient (Wildman–Crippen LogP) is 3.11. The number of nitrogens with one attached hydrogen (secondary N) is 2. The first kappa shape index (κ1) is 18.5. The van der Waals surface area contributed by atoms with E-state index in [4.69, 9.17) is 0 Å². The van der Waals surface area contributed by atoms with E-state index in [1.807, 2.05) is 36.4 Å². The summed E-state index contributed by atoms with van der Waals surface area (Å²) in [7, 11) is 0. The second-order valence-corrected chi connectivity index (χ2v) is 7.67. The summed E-state index contributed by atoms with van der Waals surface area (Å²) in [5.41, 5.74) is 1.96. The lowest BCUT2D eigenvalue weighted by Gasteiger charge is -2.28. The third-order valence-electron chi connectivity index (χ3n) is 5.67. The molecule has 2 fully saturated rings. The molecule has 2 heterocycles. The van der Waals surface area contributed by atoms with Crippen molar-refractivity contribution in [2.24, 2.45) is 5.41 Å². The van der Waals surface area contributed by atoms with Crippen molar-refractivity contribution < 1.29 is 9.59 Å². The van der Waals surface area contributed by atoms with Crippen molar-refractivity contribution in [3.63, 3.8) is 0 Å². The zero-order valence-corrected chi connectivity index (χ0v) is 16.0. The minimum Gasteiger partial charge on any atom is -0.372 e. The molecule has 28 heavy (non-hydrogen) atoms. The highest BCUT2D eigenvalue weighted by Crippen LogP contribution is 2.47. The van der Waals surface area contributed by atoms with E-state index >= 15 is 0 Å². The van der Waals surface area contributed by atoms with Crippen LogP contribution in [-0.2, 0) is 16.1 Å². The highest BCUT2D eigenvalue weighted by molar-refractivity contribution is 6.13. The fourth-order valence-corrected chi connectivity index (χ4v) is 3.69. The van der Waals surface area contributed by atoms with Gasteiger partial charge in [0.25, 0.3) is 0 Å². The highest BCUT2D eigenvalue weighted by atomic mass is 16.2. The van der Waals surface area contributed by atoms with Crippen molar-refractivity contribution in [3.8, 4) is 0 Å². The maximum absolute atomic E-state index is 12.7. The Hall–Kier alpha value is -2.89. The van der Waals surface area contributed by atoms with Gasteiger partial charge in [-0.1, -0.05) is 0 Å². The van der Waals surface area contributed by atoms with Crippen LogP contribution in [0.25, 0.3) is 0 Å². The van der Waals surface area contributed by atoms with Gasteiger partial charge in [0, 0.05) is 43.4 Å². The van der Waals surface area contributed by atoms with Gasteiger partial charge in [0.2, 0.25) is 11.8 Å². The number of anilines is 2. The summed E-state index contributed by atoms with van der Waals surface area (Å²) in [5, 5.41) is 5.81. The molecule has 1 aliphatic carbocycles. The number of hydrogen-bond donors (Lipinski definition) is 2. The first-order valence-electron chi connectivity index (χ1n) is 10.0. The average Bonchev–Trinajstić information content (AvgIpc) is 3.56. The van der Waals surface area contributed by atoms with Gasteiger partial charge in [-0.2, -0.15) is 0 Å². The number of hydrogen-bond acceptors (Lipinski definition) is 4. The van der Waals surface area contributed by atoms with E-state index < -0.39 is 5.41 Å². The van der Waals surface area contributed by atoms with E-state index in [1.54, 1.807) is 12.4 Å². The number of amides is 2. The molecule has 0 radical (unpaired) electrons. The van der Waals surface area contributed by atoms with Crippen LogP contribution >= 0.6 is 0 Å². The van der Waals surface area contributed by atoms with E-state index in [0.29, 0.717) is 19.4 Å². The number of rotatable bonds is 6. The van der Waals surface area contributed by atoms with Crippen LogP contribution in [0.3, 0.4) is 0 Å². The fourth-order valence-electron chi connectivity index (χ4n) is 3.69. The SMILES string of the molecule is O=C(NCc1ccncc1)C1(C(=O)Nc2ccc(N3CCCCC3)cc2)CC1. The Kier molecular flexibility index (Phi) is 5.28. The number of carbonyl (C=O) groups excluding carboxylic acids is 2. The predicted molar refractivity (Wildman–Crippen MR) is 109 cm³/mol. The van der Waals surface area contributed by atoms with Gasteiger partial charge in [0.1, 0.15) is 5.41 Å². The first-order valence-corrected chi connectivity index (χ1v) is 10.0. The molecule has 2 aromatic rings. The van der Waals surface area contributed by atoms with E-state index in [1.165, 1.54) is 24.9 Å². The number of piperidine rings is 1. The van der Waals surface area contributed by atoms with Gasteiger partial charge in [-0.3, -0.25) is 14.6 Å². The zero-order valence-electron chi connectivity index (χ0n) is 16.0. The molecule has 0 bridgehead atoms. The quantitative estimate of drug-likeness (QED) is 0.758. The minimum atomic E-state index is -0.932. The lowest BCUT2D eigenvalue weighted by molar-refractivity contribution is -0.134. The second kappa shape index (κ2) is 8.00. The van der Waals surface area contributed by atoms with Crippen LogP contribution in [0.15, 0.2) is 48.8 Å². The molecule has 1 aromatic heterocycles. The van der Waals surface area contributed by atoms with Gasteiger partial charge in [-0.25, -0.2) is 0 Å². The van der Waals surface area contributed by atoms with Crippen molar-refractivity contribution in [2.45, 2.75) is 38.6 Å². The lowest BCUT2D eigenvalue weighted by Crippen LogP contribution is -2.39. The Morgan fingerprint density at radius 2 is 1.61 bits per heavy atom. The first-order chi connectivity index (χ1) is 13.7. The molecular formula is C22H26N4O2. The number of pyridine rings is 1. The molecule has 1 aromatic carbocycles. The average molecular weight is 378 g/mol. The van der Waals surface area contributed by atoms with Gasteiger partial charge in [0.15, 0.2) is 0 Å². The molecular weight excluding hydrogens is 352 g/mol. The van der Waals surface area contributed by atoms with E-state index in [0.717, 1.165) is 24.3 Å². The Morgan fingerprint density at radius 3 is 2.25 bits per heavy atom. The van der Waals surface area contributed by atoms with Gasteiger partial charge < -0.3 is 15.5 Å². The lowest BCUT2D eigenvalue weighted by atomic mass is 10.0. The Morgan fingerprint density at radius 1 is 0.929 bits per heavy atom. The molecule has 2 N–H and O–H groups in total. The number of benzene rings is 1. The summed E-state index contributed by atoms with van der Waals surface area (Å²) in [5.74, 6) is -0.419. The largest absolute Gasteiger partial charge is 0.372 e. The molecule has 2 amide bonds. The maximum atomic E-state index is 12.7. The molecule has 4 rings (SSSR count). The molecule has 0 spiro atoms. The fraction of sp³-hybridized carbons (Fsp3) is 0.409. The topological polar surface area (TPSA) is 74.3 Å². The van der Waals surface area contributed by atoms with Crippen LogP contribution in [0.5, 0.6) is 0 Å². The summed E-state index contributed by atoms with van der Waals surface area (Å²) >= 11 is 0. The smallest absolute Gasteiger partial charge is 0.240 e. The second-order valence-electron chi connectivity index (χ2n) is 7.67. The number of aromatic nitrogens is 1. The van der Waals surface area contributed by atoms with Gasteiger partial charge in [0.05, 0.1) is 0 Å². The number of carbonyl (C=O) groups is 2. The van der Waals surface area contributed by atoms with Gasteiger partial charge in [-0.15, -0.1) is 0 Å². The molecule has 2 aliphatic rings. The van der Waals surface area contributed by atoms with E-state index in [-0.39, 0.29) is 11.8 Å². The summed E-state index contributed by atoms with van der Waals surface area (Å²) in [4.78, 5) is 31.7. The van der Waals surface area contributed by atoms with Gasteiger partial charge >= 0.3 is 0 Å². The van der Waals surface area contributed by atoms with Crippen molar-refractivity contribution in [3.05, 3.63) is 54.4 Å². The maximum Gasteiger partial charge on any atom is 0.240 e. The monoisotopic (exact) mass is 378 g/mol. The summed E-state index contributed by atoms with van der Waals surface area (Å²) in [6.45, 7) is 2.58. The normalized spacial score (nSPS) is 17.6. The molecule has 1 saturated carbocycles. The minimum absolute atomic E-state index is 0.202. The molecule has 146 valence electrons. The Labute approximate surface area is 165 Å². The molecule has 6 nitrogen and oxygen atoms in total.